The lowest BCUT2D eigenvalue weighted by Crippen LogP contribution is -2.39. The van der Waals surface area contributed by atoms with Gasteiger partial charge >= 0.3 is 5.79 Å². The third-order valence-electron chi connectivity index (χ3n) is 6.08. The largest absolute Gasteiger partial charge is 0.440 e. The molecule has 190 valence electrons. The van der Waals surface area contributed by atoms with Gasteiger partial charge in [0.25, 0.3) is 0 Å². The molecule has 2 heterocycles. The van der Waals surface area contributed by atoms with E-state index in [1.165, 1.54) is 0 Å². The fourth-order valence-electron chi connectivity index (χ4n) is 4.29. The zero-order valence-corrected chi connectivity index (χ0v) is 19.1. The van der Waals surface area contributed by atoms with Gasteiger partial charge in [0.15, 0.2) is 11.5 Å². The van der Waals surface area contributed by atoms with Crippen LogP contribution in [0.25, 0.3) is 0 Å². The molecule has 0 bridgehead atoms. The third-order valence-corrected chi connectivity index (χ3v) is 7.99. The normalized spacial score (nSPS) is 17.9. The van der Waals surface area contributed by atoms with Crippen LogP contribution in [-0.4, -0.2) is 32.0 Å². The van der Waals surface area contributed by atoms with Crippen LogP contribution in [0.2, 0.25) is 0 Å². The fraction of sp³-hybridized carbons (Fsp3) is 0.250. The molecule has 0 unspecified atom stereocenters. The molecule has 3 aromatic carbocycles. The van der Waals surface area contributed by atoms with Crippen LogP contribution < -0.4 is 9.47 Å². The van der Waals surface area contributed by atoms with Crippen LogP contribution in [0.1, 0.15) is 24.0 Å². The smallest absolute Gasteiger partial charge is 0.311 e. The van der Waals surface area contributed by atoms with Gasteiger partial charge in [-0.1, -0.05) is 0 Å². The molecule has 0 aromatic heterocycles. The molecule has 0 aliphatic carbocycles. The van der Waals surface area contributed by atoms with Gasteiger partial charge in [-0.25, -0.2) is 34.8 Å². The highest BCUT2D eigenvalue weighted by Crippen LogP contribution is 2.50. The molecule has 36 heavy (non-hydrogen) atoms. The summed E-state index contributed by atoms with van der Waals surface area (Å²) < 4.78 is 124. The Kier molecular flexibility index (Phi) is 5.91. The number of fused-ring (bicyclic) bond motifs is 1. The van der Waals surface area contributed by atoms with Crippen LogP contribution in [0.3, 0.4) is 0 Å². The average Bonchev–Trinajstić information content (AvgIpc) is 3.17. The predicted molar refractivity (Wildman–Crippen MR) is 114 cm³/mol. The van der Waals surface area contributed by atoms with E-state index in [-0.39, 0.29) is 31.7 Å². The maximum Gasteiger partial charge on any atom is 0.311 e. The number of benzene rings is 3. The van der Waals surface area contributed by atoms with Gasteiger partial charge in [-0.2, -0.15) is 4.31 Å². The summed E-state index contributed by atoms with van der Waals surface area (Å²) in [5.74, 6) is -8.88. The molecule has 0 atom stereocenters. The number of ether oxygens (including phenoxy) is 2. The zero-order valence-electron chi connectivity index (χ0n) is 18.3. The highest BCUT2D eigenvalue weighted by Gasteiger charge is 2.50. The van der Waals surface area contributed by atoms with E-state index in [1.807, 2.05) is 0 Å². The van der Waals surface area contributed by atoms with Crippen LogP contribution in [-0.2, 0) is 15.8 Å². The number of nitrogens with zero attached hydrogens (tertiary/aromatic N) is 1. The average molecular weight is 529 g/mol. The SMILES string of the molecule is O=S(=O)(c1cc2c(cc1F)OC(c1ccc(F)cc1F)(c1ccc(F)cc1F)O2)N1CCC(F)CC1. The molecule has 0 radical (unpaired) electrons. The molecule has 1 saturated heterocycles. The van der Waals surface area contributed by atoms with E-state index in [0.717, 1.165) is 34.6 Å². The number of alkyl halides is 1. The van der Waals surface area contributed by atoms with E-state index in [4.69, 9.17) is 9.47 Å². The number of hydrogen-bond donors (Lipinski definition) is 0. The van der Waals surface area contributed by atoms with E-state index in [0.29, 0.717) is 18.2 Å². The van der Waals surface area contributed by atoms with Crippen molar-refractivity contribution in [2.24, 2.45) is 0 Å². The second kappa shape index (κ2) is 8.70. The summed E-state index contributed by atoms with van der Waals surface area (Å²) >= 11 is 0. The van der Waals surface area contributed by atoms with E-state index in [1.54, 1.807) is 0 Å². The van der Waals surface area contributed by atoms with E-state index in [2.05, 4.69) is 0 Å². The van der Waals surface area contributed by atoms with Crippen molar-refractivity contribution in [3.63, 3.8) is 0 Å². The highest BCUT2D eigenvalue weighted by atomic mass is 32.2. The van der Waals surface area contributed by atoms with E-state index < -0.39 is 72.8 Å². The molecular weight excluding hydrogens is 512 g/mol. The van der Waals surface area contributed by atoms with Crippen molar-refractivity contribution in [3.05, 3.63) is 88.7 Å². The fourth-order valence-corrected chi connectivity index (χ4v) is 5.82. The quantitative estimate of drug-likeness (QED) is 0.438. The lowest BCUT2D eigenvalue weighted by molar-refractivity contribution is -0.0516. The van der Waals surface area contributed by atoms with E-state index in [9.17, 15) is 30.4 Å². The van der Waals surface area contributed by atoms with Gasteiger partial charge < -0.3 is 9.47 Å². The third kappa shape index (κ3) is 3.97. The van der Waals surface area contributed by atoms with E-state index >= 15 is 4.39 Å². The molecule has 5 nitrogen and oxygen atoms in total. The molecule has 2 aliphatic rings. The molecule has 12 heteroatoms. The Morgan fingerprint density at radius 1 is 0.750 bits per heavy atom. The van der Waals surface area contributed by atoms with Crippen LogP contribution >= 0.6 is 0 Å². The van der Waals surface area contributed by atoms with Crippen LogP contribution in [0.5, 0.6) is 11.5 Å². The van der Waals surface area contributed by atoms with Gasteiger partial charge in [-0.05, 0) is 37.1 Å². The Morgan fingerprint density at radius 2 is 1.25 bits per heavy atom. The number of sulfonamides is 1. The van der Waals surface area contributed by atoms with Gasteiger partial charge in [-0.3, -0.25) is 0 Å². The van der Waals surface area contributed by atoms with Gasteiger partial charge in [0.1, 0.15) is 40.2 Å². The lowest BCUT2D eigenvalue weighted by atomic mass is 9.96. The van der Waals surface area contributed by atoms with Crippen LogP contribution in [0, 0.1) is 29.1 Å². The standard InChI is InChI=1S/C24H17F6NO4S/c25-13-5-7-31(8-6-13)36(32,33)23-12-22-21(11-20(23)30)34-24(35-22,16-3-1-14(26)9-18(16)28)17-4-2-15(27)10-19(17)29/h1-4,9-13H,5-8H2. The summed E-state index contributed by atoms with van der Waals surface area (Å²) in [7, 11) is -4.42. The first-order chi connectivity index (χ1) is 17.0. The van der Waals surface area contributed by atoms with Gasteiger partial charge in [-0.15, -0.1) is 0 Å². The maximum atomic E-state index is 15.0. The van der Waals surface area contributed by atoms with Gasteiger partial charge in [0, 0.05) is 37.4 Å². The molecule has 0 saturated carbocycles. The van der Waals surface area contributed by atoms with Crippen molar-refractivity contribution in [2.45, 2.75) is 29.7 Å². The van der Waals surface area contributed by atoms with Gasteiger partial charge in [0.05, 0.1) is 11.1 Å². The van der Waals surface area contributed by atoms with Crippen molar-refractivity contribution in [2.75, 3.05) is 13.1 Å². The first-order valence-corrected chi connectivity index (χ1v) is 12.2. The monoisotopic (exact) mass is 529 g/mol. The topological polar surface area (TPSA) is 55.8 Å². The van der Waals surface area contributed by atoms with Crippen LogP contribution in [0.15, 0.2) is 53.4 Å². The second-order valence-corrected chi connectivity index (χ2v) is 10.3. The number of halogens is 6. The Morgan fingerprint density at radius 3 is 1.75 bits per heavy atom. The molecule has 0 N–H and O–H groups in total. The summed E-state index contributed by atoms with van der Waals surface area (Å²) in [6, 6.07) is 5.96. The number of hydrogen-bond acceptors (Lipinski definition) is 4. The van der Waals surface area contributed by atoms with Gasteiger partial charge in [0.2, 0.25) is 10.0 Å². The minimum Gasteiger partial charge on any atom is -0.440 e. The first-order valence-electron chi connectivity index (χ1n) is 10.8. The number of piperidine rings is 1. The predicted octanol–water partition coefficient (Wildman–Crippen LogP) is 5.18. The number of rotatable bonds is 4. The Hall–Kier alpha value is -3.25. The highest BCUT2D eigenvalue weighted by molar-refractivity contribution is 7.89. The minimum absolute atomic E-state index is 0.0534. The molecule has 3 aromatic rings. The van der Waals surface area contributed by atoms with Crippen molar-refractivity contribution in [1.29, 1.82) is 0 Å². The zero-order chi connectivity index (χ0) is 25.8. The van der Waals surface area contributed by atoms with Crippen molar-refractivity contribution in [1.82, 2.24) is 4.31 Å². The van der Waals surface area contributed by atoms with Crippen LogP contribution in [0.4, 0.5) is 26.3 Å². The molecule has 1 fully saturated rings. The molecule has 2 aliphatic heterocycles. The first kappa shape index (κ1) is 24.4. The summed E-state index contributed by atoms with van der Waals surface area (Å²) in [4.78, 5) is -0.808. The maximum absolute atomic E-state index is 15.0. The minimum atomic E-state index is -4.42. The molecule has 5 rings (SSSR count). The summed E-state index contributed by atoms with van der Waals surface area (Å²) in [5.41, 5.74) is -1.05. The summed E-state index contributed by atoms with van der Waals surface area (Å²) in [5, 5.41) is 0. The lowest BCUT2D eigenvalue weighted by Gasteiger charge is -2.29. The second-order valence-electron chi connectivity index (χ2n) is 8.38. The Labute approximate surface area is 201 Å². The summed E-state index contributed by atoms with van der Waals surface area (Å²) in [6.45, 7) is -0.328. The Bertz CT molecular complexity index is 1410. The van der Waals surface area contributed by atoms with Crippen molar-refractivity contribution < 1.29 is 44.2 Å². The Balaban J connectivity index is 1.63. The molecule has 0 amide bonds. The molecule has 0 spiro atoms. The summed E-state index contributed by atoms with van der Waals surface area (Å²) in [6.07, 6.45) is -1.28. The molecular formula is C24H17F6NO4S. The van der Waals surface area contributed by atoms with Crippen molar-refractivity contribution >= 4 is 10.0 Å². The van der Waals surface area contributed by atoms with Crippen molar-refractivity contribution in [3.8, 4) is 11.5 Å².